The van der Waals surface area contributed by atoms with Crippen LogP contribution < -0.4 is 4.80 Å². The first kappa shape index (κ1) is 17.3. The Labute approximate surface area is 160 Å². The Morgan fingerprint density at radius 3 is 2.74 bits per heavy atom. The third-order valence-electron chi connectivity index (χ3n) is 4.47. The van der Waals surface area contributed by atoms with E-state index in [4.69, 9.17) is 0 Å². The van der Waals surface area contributed by atoms with Crippen molar-refractivity contribution in [1.82, 2.24) is 14.5 Å². The second kappa shape index (κ2) is 6.89. The Morgan fingerprint density at radius 1 is 1.22 bits per heavy atom. The summed E-state index contributed by atoms with van der Waals surface area (Å²) in [5.74, 6) is -0.397. The van der Waals surface area contributed by atoms with Crippen LogP contribution in [0, 0.1) is 13.8 Å². The predicted octanol–water partition coefficient (Wildman–Crippen LogP) is 4.19. The number of allylic oxidation sites excluding steroid dienone is 1. The average Bonchev–Trinajstić information content (AvgIpc) is 2.98. The van der Waals surface area contributed by atoms with E-state index >= 15 is 0 Å². The topological polar surface area (TPSA) is 60.1 Å². The smallest absolute Gasteiger partial charge is 0.299 e. The molecule has 1 amide bonds. The molecule has 27 heavy (non-hydrogen) atoms. The van der Waals surface area contributed by atoms with Crippen molar-refractivity contribution in [3.63, 3.8) is 0 Å². The molecule has 5 nitrogen and oxygen atoms in total. The van der Waals surface area contributed by atoms with Crippen LogP contribution in [0.15, 0.2) is 60.2 Å². The van der Waals surface area contributed by atoms with Crippen LogP contribution in [0.4, 0.5) is 0 Å². The van der Waals surface area contributed by atoms with Crippen LogP contribution in [-0.2, 0) is 6.54 Å². The molecule has 0 fully saturated rings. The summed E-state index contributed by atoms with van der Waals surface area (Å²) in [5.41, 5.74) is 5.15. The van der Waals surface area contributed by atoms with Crippen LogP contribution in [0.3, 0.4) is 0 Å². The molecule has 4 aromatic rings. The van der Waals surface area contributed by atoms with Crippen molar-refractivity contribution in [3.8, 4) is 0 Å². The first-order valence-electron chi connectivity index (χ1n) is 8.59. The molecule has 0 saturated carbocycles. The summed E-state index contributed by atoms with van der Waals surface area (Å²) >= 11 is 1.49. The highest BCUT2D eigenvalue weighted by Crippen LogP contribution is 2.22. The van der Waals surface area contributed by atoms with Crippen LogP contribution in [0.25, 0.3) is 21.3 Å². The van der Waals surface area contributed by atoms with Crippen molar-refractivity contribution in [2.24, 2.45) is 4.99 Å². The quantitative estimate of drug-likeness (QED) is 0.505. The Bertz CT molecular complexity index is 1270. The molecule has 0 aliphatic carbocycles. The highest BCUT2D eigenvalue weighted by atomic mass is 32.1. The molecular formula is C21H18N4OS. The average molecular weight is 374 g/mol. The largest absolute Gasteiger partial charge is 0.312 e. The van der Waals surface area contributed by atoms with E-state index in [9.17, 15) is 4.79 Å². The minimum absolute atomic E-state index is 0.240. The summed E-state index contributed by atoms with van der Waals surface area (Å²) in [6.07, 6.45) is 3.29. The maximum Gasteiger partial charge on any atom is 0.299 e. The van der Waals surface area contributed by atoms with Gasteiger partial charge in [0.25, 0.3) is 5.91 Å². The van der Waals surface area contributed by atoms with Crippen LogP contribution in [-0.4, -0.2) is 20.4 Å². The molecule has 6 heteroatoms. The van der Waals surface area contributed by atoms with Crippen molar-refractivity contribution in [3.05, 3.63) is 76.9 Å². The number of amides is 1. The summed E-state index contributed by atoms with van der Waals surface area (Å²) in [5, 5.41) is 0. The molecule has 0 unspecified atom stereocenters. The molecule has 0 N–H and O–H groups in total. The Kier molecular flexibility index (Phi) is 4.41. The zero-order valence-electron chi connectivity index (χ0n) is 15.1. The van der Waals surface area contributed by atoms with Crippen LogP contribution >= 0.6 is 11.3 Å². The number of benzene rings is 2. The van der Waals surface area contributed by atoms with Gasteiger partial charge in [-0.15, -0.1) is 6.58 Å². The molecular weight excluding hydrogens is 356 g/mol. The molecule has 0 bridgehead atoms. The van der Waals surface area contributed by atoms with Gasteiger partial charge in [0.2, 0.25) is 0 Å². The molecule has 2 aromatic carbocycles. The fourth-order valence-electron chi connectivity index (χ4n) is 2.92. The van der Waals surface area contributed by atoms with E-state index in [1.165, 1.54) is 28.7 Å². The fourth-order valence-corrected chi connectivity index (χ4v) is 4.03. The van der Waals surface area contributed by atoms with Gasteiger partial charge < -0.3 is 4.57 Å². The lowest BCUT2D eigenvalue weighted by atomic mass is 10.1. The second-order valence-electron chi connectivity index (χ2n) is 6.35. The Balaban J connectivity index is 1.86. The van der Waals surface area contributed by atoms with Gasteiger partial charge >= 0.3 is 0 Å². The molecule has 0 atom stereocenters. The number of carbonyl (C=O) groups excluding carboxylic acids is 1. The molecule has 0 spiro atoms. The van der Waals surface area contributed by atoms with Crippen molar-refractivity contribution in [1.29, 1.82) is 0 Å². The number of rotatable bonds is 3. The number of hydrogen-bond donors (Lipinski definition) is 0. The van der Waals surface area contributed by atoms with E-state index in [1.54, 1.807) is 6.08 Å². The van der Waals surface area contributed by atoms with Crippen LogP contribution in [0.1, 0.15) is 21.6 Å². The normalized spacial score (nSPS) is 12.0. The minimum atomic E-state index is -0.397. The second-order valence-corrected chi connectivity index (χ2v) is 7.36. The molecule has 134 valence electrons. The first-order valence-corrected chi connectivity index (χ1v) is 9.41. The molecule has 2 aromatic heterocycles. The lowest BCUT2D eigenvalue weighted by Gasteiger charge is -2.04. The van der Waals surface area contributed by atoms with Crippen LogP contribution in [0.5, 0.6) is 0 Å². The number of fused-ring (bicyclic) bond motifs is 2. The third kappa shape index (κ3) is 3.19. The van der Waals surface area contributed by atoms with E-state index in [0.29, 0.717) is 16.9 Å². The van der Waals surface area contributed by atoms with Gasteiger partial charge in [-0.2, -0.15) is 4.99 Å². The lowest BCUT2D eigenvalue weighted by Crippen LogP contribution is -2.16. The van der Waals surface area contributed by atoms with Gasteiger partial charge in [-0.3, -0.25) is 9.78 Å². The van der Waals surface area contributed by atoms with Gasteiger partial charge in [0, 0.05) is 6.54 Å². The molecule has 4 rings (SSSR count). The summed E-state index contributed by atoms with van der Waals surface area (Å²) in [4.78, 5) is 26.4. The van der Waals surface area contributed by atoms with Crippen molar-refractivity contribution in [2.75, 3.05) is 0 Å². The van der Waals surface area contributed by atoms with E-state index in [2.05, 4.69) is 47.5 Å². The third-order valence-corrected chi connectivity index (χ3v) is 5.52. The van der Waals surface area contributed by atoms with E-state index < -0.39 is 5.91 Å². The predicted molar refractivity (Wildman–Crippen MR) is 109 cm³/mol. The van der Waals surface area contributed by atoms with E-state index in [1.807, 2.05) is 28.8 Å². The van der Waals surface area contributed by atoms with Gasteiger partial charge in [0.1, 0.15) is 5.69 Å². The molecule has 0 saturated heterocycles. The number of hydrogen-bond acceptors (Lipinski definition) is 4. The monoisotopic (exact) mass is 374 g/mol. The number of nitrogens with zero attached hydrogens (tertiary/aromatic N) is 4. The fraction of sp³-hybridized carbons (Fsp3) is 0.143. The number of para-hydroxylation sites is 2. The first-order chi connectivity index (χ1) is 13.1. The van der Waals surface area contributed by atoms with Crippen LogP contribution in [0.2, 0.25) is 0 Å². The molecule has 0 radical (unpaired) electrons. The summed E-state index contributed by atoms with van der Waals surface area (Å²) in [7, 11) is 0. The maximum atomic E-state index is 12.7. The zero-order valence-corrected chi connectivity index (χ0v) is 16.0. The maximum absolute atomic E-state index is 12.7. The van der Waals surface area contributed by atoms with Crippen molar-refractivity contribution in [2.45, 2.75) is 20.4 Å². The Hall–Kier alpha value is -3.12. The molecule has 0 aliphatic rings. The van der Waals surface area contributed by atoms with Gasteiger partial charge in [-0.1, -0.05) is 29.5 Å². The van der Waals surface area contributed by atoms with Crippen molar-refractivity contribution >= 4 is 38.5 Å². The highest BCUT2D eigenvalue weighted by molar-refractivity contribution is 7.16. The minimum Gasteiger partial charge on any atom is -0.312 e. The van der Waals surface area contributed by atoms with Crippen molar-refractivity contribution < 1.29 is 4.79 Å². The lowest BCUT2D eigenvalue weighted by molar-refractivity contribution is 0.0993. The molecule has 0 aliphatic heterocycles. The SMILES string of the molecule is C=CCn1c(=NC(=O)c2cnc3ccccc3n2)sc2cc(C)c(C)cc21. The van der Waals surface area contributed by atoms with E-state index in [0.717, 1.165) is 15.7 Å². The number of carbonyl (C=O) groups is 1. The highest BCUT2D eigenvalue weighted by Gasteiger charge is 2.12. The summed E-state index contributed by atoms with van der Waals surface area (Å²) < 4.78 is 3.10. The van der Waals surface area contributed by atoms with Gasteiger partial charge in [0.05, 0.1) is 27.4 Å². The standard InChI is InChI=1S/C21H18N4OS/c1-4-9-25-18-10-13(2)14(3)11-19(18)27-21(25)24-20(26)17-12-22-15-7-5-6-8-16(15)23-17/h4-8,10-12H,1,9H2,2-3H3. The summed E-state index contributed by atoms with van der Waals surface area (Å²) in [6.45, 7) is 8.57. The Morgan fingerprint density at radius 2 is 1.96 bits per heavy atom. The number of aryl methyl sites for hydroxylation is 2. The van der Waals surface area contributed by atoms with Gasteiger partial charge in [0.15, 0.2) is 4.80 Å². The van der Waals surface area contributed by atoms with Gasteiger partial charge in [-0.05, 0) is 49.2 Å². The summed E-state index contributed by atoms with van der Waals surface area (Å²) in [6, 6.07) is 11.7. The van der Waals surface area contributed by atoms with E-state index in [-0.39, 0.29) is 5.69 Å². The number of aromatic nitrogens is 3. The zero-order chi connectivity index (χ0) is 19.0. The molecule has 2 heterocycles. The van der Waals surface area contributed by atoms with Gasteiger partial charge in [-0.25, -0.2) is 4.98 Å². The number of thiazole rings is 1.